The molecule has 0 aromatic carbocycles. The minimum Gasteiger partial charge on any atom is -0.394 e. The third kappa shape index (κ3) is 4.65. The van der Waals surface area contributed by atoms with Crippen LogP contribution in [-0.2, 0) is 4.79 Å². The van der Waals surface area contributed by atoms with Crippen molar-refractivity contribution in [3.63, 3.8) is 0 Å². The molecule has 0 aliphatic carbocycles. The molecule has 3 nitrogen and oxygen atoms in total. The number of carbonyl (C=O) groups excluding carboxylic acids is 1. The van der Waals surface area contributed by atoms with E-state index in [1.54, 1.807) is 11.9 Å². The fraction of sp³-hybridized carbons (Fsp3) is 0.917. The van der Waals surface area contributed by atoms with Gasteiger partial charge in [0.2, 0.25) is 5.91 Å². The van der Waals surface area contributed by atoms with Gasteiger partial charge in [-0.05, 0) is 19.8 Å². The zero-order valence-corrected chi connectivity index (χ0v) is 10.5. The molecule has 0 aliphatic rings. The van der Waals surface area contributed by atoms with Crippen molar-refractivity contribution >= 4 is 5.91 Å². The molecule has 15 heavy (non-hydrogen) atoms. The first-order chi connectivity index (χ1) is 7.08. The largest absolute Gasteiger partial charge is 0.394 e. The zero-order valence-electron chi connectivity index (χ0n) is 10.5. The van der Waals surface area contributed by atoms with Crippen molar-refractivity contribution in [2.75, 3.05) is 13.7 Å². The average Bonchev–Trinajstić information content (AvgIpc) is 2.27. The van der Waals surface area contributed by atoms with Gasteiger partial charge in [0, 0.05) is 13.0 Å². The van der Waals surface area contributed by atoms with Gasteiger partial charge in [0.05, 0.1) is 12.6 Å². The predicted octanol–water partition coefficient (Wildman–Crippen LogP) is 2.04. The standard InChI is InChI=1S/C12H25NO2/c1-5-7-8-11(6-2)12(15)13(4)10(3)9-14/h10-11,14H,5-9H2,1-4H3. The number of hydrogen-bond donors (Lipinski definition) is 1. The van der Waals surface area contributed by atoms with Gasteiger partial charge in [-0.25, -0.2) is 0 Å². The SMILES string of the molecule is CCCCC(CC)C(=O)N(C)C(C)CO. The van der Waals surface area contributed by atoms with Crippen LogP contribution in [-0.4, -0.2) is 35.6 Å². The molecule has 2 unspecified atom stereocenters. The molecule has 0 aromatic rings. The van der Waals surface area contributed by atoms with E-state index in [1.165, 1.54) is 0 Å². The van der Waals surface area contributed by atoms with Crippen molar-refractivity contribution < 1.29 is 9.90 Å². The maximum Gasteiger partial charge on any atom is 0.225 e. The molecule has 0 heterocycles. The van der Waals surface area contributed by atoms with E-state index in [1.807, 2.05) is 6.92 Å². The van der Waals surface area contributed by atoms with Crippen molar-refractivity contribution in [3.8, 4) is 0 Å². The zero-order chi connectivity index (χ0) is 11.8. The third-order valence-corrected chi connectivity index (χ3v) is 3.02. The van der Waals surface area contributed by atoms with Crippen LogP contribution in [0.4, 0.5) is 0 Å². The number of amides is 1. The molecule has 90 valence electrons. The van der Waals surface area contributed by atoms with Crippen LogP contribution in [0.2, 0.25) is 0 Å². The van der Waals surface area contributed by atoms with Crippen LogP contribution in [0.3, 0.4) is 0 Å². The molecule has 2 atom stereocenters. The van der Waals surface area contributed by atoms with Gasteiger partial charge in [0.25, 0.3) is 0 Å². The molecular weight excluding hydrogens is 190 g/mol. The first-order valence-electron chi connectivity index (χ1n) is 5.95. The van der Waals surface area contributed by atoms with Crippen molar-refractivity contribution in [1.29, 1.82) is 0 Å². The highest BCUT2D eigenvalue weighted by atomic mass is 16.3. The number of likely N-dealkylation sites (N-methyl/N-ethyl adjacent to an activating group) is 1. The fourth-order valence-corrected chi connectivity index (χ4v) is 1.58. The van der Waals surface area contributed by atoms with E-state index < -0.39 is 0 Å². The van der Waals surface area contributed by atoms with E-state index in [2.05, 4.69) is 13.8 Å². The van der Waals surface area contributed by atoms with Crippen molar-refractivity contribution in [1.82, 2.24) is 4.90 Å². The van der Waals surface area contributed by atoms with E-state index in [0.29, 0.717) is 0 Å². The number of aliphatic hydroxyl groups is 1. The minimum atomic E-state index is -0.0758. The topological polar surface area (TPSA) is 40.5 Å². The van der Waals surface area contributed by atoms with Crippen LogP contribution in [0.5, 0.6) is 0 Å². The molecule has 0 saturated carbocycles. The normalized spacial score (nSPS) is 14.7. The van der Waals surface area contributed by atoms with Crippen LogP contribution >= 0.6 is 0 Å². The maximum absolute atomic E-state index is 12.0. The highest BCUT2D eigenvalue weighted by molar-refractivity contribution is 5.78. The first kappa shape index (κ1) is 14.4. The highest BCUT2D eigenvalue weighted by Gasteiger charge is 2.22. The van der Waals surface area contributed by atoms with Gasteiger partial charge in [-0.15, -0.1) is 0 Å². The lowest BCUT2D eigenvalue weighted by atomic mass is 9.97. The van der Waals surface area contributed by atoms with Gasteiger partial charge < -0.3 is 10.0 Å². The number of hydrogen-bond acceptors (Lipinski definition) is 2. The summed E-state index contributed by atoms with van der Waals surface area (Å²) in [6.45, 7) is 6.09. The average molecular weight is 215 g/mol. The molecular formula is C12H25NO2. The van der Waals surface area contributed by atoms with Crippen molar-refractivity contribution in [2.24, 2.45) is 5.92 Å². The summed E-state index contributed by atoms with van der Waals surface area (Å²) in [7, 11) is 1.78. The van der Waals surface area contributed by atoms with Crippen LogP contribution in [0.1, 0.15) is 46.5 Å². The Balaban J connectivity index is 4.24. The number of nitrogens with zero attached hydrogens (tertiary/aromatic N) is 1. The van der Waals surface area contributed by atoms with E-state index in [9.17, 15) is 4.79 Å². The Kier molecular flexibility index (Phi) is 7.39. The number of unbranched alkanes of at least 4 members (excludes halogenated alkanes) is 1. The minimum absolute atomic E-state index is 0.0342. The van der Waals surface area contributed by atoms with E-state index >= 15 is 0 Å². The summed E-state index contributed by atoms with van der Waals surface area (Å²) in [5.41, 5.74) is 0. The Morgan fingerprint density at radius 3 is 2.40 bits per heavy atom. The van der Waals surface area contributed by atoms with Crippen LogP contribution in [0, 0.1) is 5.92 Å². The second kappa shape index (κ2) is 7.69. The lowest BCUT2D eigenvalue weighted by Gasteiger charge is -2.27. The second-order valence-corrected chi connectivity index (χ2v) is 4.23. The lowest BCUT2D eigenvalue weighted by Crippen LogP contribution is -2.40. The summed E-state index contributed by atoms with van der Waals surface area (Å²) in [6, 6.07) is -0.0758. The number of aliphatic hydroxyl groups excluding tert-OH is 1. The Morgan fingerprint density at radius 1 is 1.40 bits per heavy atom. The molecule has 0 spiro atoms. The fourth-order valence-electron chi connectivity index (χ4n) is 1.58. The van der Waals surface area contributed by atoms with E-state index in [0.717, 1.165) is 25.7 Å². The molecule has 0 saturated heterocycles. The number of carbonyl (C=O) groups is 1. The van der Waals surface area contributed by atoms with Crippen molar-refractivity contribution in [2.45, 2.75) is 52.5 Å². The van der Waals surface area contributed by atoms with Gasteiger partial charge in [-0.1, -0.05) is 26.7 Å². The third-order valence-electron chi connectivity index (χ3n) is 3.02. The molecule has 0 aromatic heterocycles. The molecule has 0 aliphatic heterocycles. The first-order valence-corrected chi connectivity index (χ1v) is 5.95. The summed E-state index contributed by atoms with van der Waals surface area (Å²) in [5, 5.41) is 8.99. The molecule has 0 radical (unpaired) electrons. The summed E-state index contributed by atoms with van der Waals surface area (Å²) < 4.78 is 0. The molecule has 3 heteroatoms. The quantitative estimate of drug-likeness (QED) is 0.706. The van der Waals surface area contributed by atoms with Gasteiger partial charge in [0.15, 0.2) is 0 Å². The molecule has 0 fully saturated rings. The maximum atomic E-state index is 12.0. The van der Waals surface area contributed by atoms with Gasteiger partial charge in [0.1, 0.15) is 0 Å². The Labute approximate surface area is 93.5 Å². The summed E-state index contributed by atoms with van der Waals surface area (Å²) in [6.07, 6.45) is 4.09. The Hall–Kier alpha value is -0.570. The molecule has 0 bridgehead atoms. The van der Waals surface area contributed by atoms with E-state index in [4.69, 9.17) is 5.11 Å². The molecule has 1 N–H and O–H groups in total. The molecule has 0 rings (SSSR count). The van der Waals surface area contributed by atoms with Gasteiger partial charge in [-0.3, -0.25) is 4.79 Å². The van der Waals surface area contributed by atoms with E-state index in [-0.39, 0.29) is 24.5 Å². The second-order valence-electron chi connectivity index (χ2n) is 4.23. The Bertz CT molecular complexity index is 182. The summed E-state index contributed by atoms with van der Waals surface area (Å²) >= 11 is 0. The Morgan fingerprint density at radius 2 is 2.00 bits per heavy atom. The van der Waals surface area contributed by atoms with Crippen LogP contribution in [0.15, 0.2) is 0 Å². The van der Waals surface area contributed by atoms with Gasteiger partial charge in [-0.2, -0.15) is 0 Å². The van der Waals surface area contributed by atoms with Gasteiger partial charge >= 0.3 is 0 Å². The highest BCUT2D eigenvalue weighted by Crippen LogP contribution is 2.16. The predicted molar refractivity (Wildman–Crippen MR) is 62.6 cm³/mol. The monoisotopic (exact) mass is 215 g/mol. The summed E-state index contributed by atoms with van der Waals surface area (Å²) in [5.74, 6) is 0.302. The smallest absolute Gasteiger partial charge is 0.225 e. The lowest BCUT2D eigenvalue weighted by molar-refractivity contribution is -0.137. The van der Waals surface area contributed by atoms with Crippen LogP contribution in [0.25, 0.3) is 0 Å². The van der Waals surface area contributed by atoms with Crippen molar-refractivity contribution in [3.05, 3.63) is 0 Å². The number of rotatable bonds is 7. The summed E-state index contributed by atoms with van der Waals surface area (Å²) in [4.78, 5) is 13.7. The van der Waals surface area contributed by atoms with Crippen LogP contribution < -0.4 is 0 Å². The molecule has 1 amide bonds.